The van der Waals surface area contributed by atoms with E-state index in [1.165, 1.54) is 13.1 Å². The largest absolute Gasteiger partial charge is 0.481 e. The summed E-state index contributed by atoms with van der Waals surface area (Å²) in [6, 6.07) is 2.31. The van der Waals surface area contributed by atoms with Crippen LogP contribution in [0.1, 0.15) is 23.9 Å². The monoisotopic (exact) mass is 305 g/mol. The highest BCUT2D eigenvalue weighted by Crippen LogP contribution is 2.18. The zero-order valence-corrected chi connectivity index (χ0v) is 11.8. The fraction of sp³-hybridized carbons (Fsp3) is 0.455. The van der Waals surface area contributed by atoms with Crippen LogP contribution in [0.5, 0.6) is 0 Å². The summed E-state index contributed by atoms with van der Waals surface area (Å²) in [5.74, 6) is -2.10. The van der Waals surface area contributed by atoms with Gasteiger partial charge in [0.2, 0.25) is 10.9 Å². The molecule has 112 valence electrons. The molecular weight excluding hydrogens is 290 g/mol. The number of carboxylic acids is 1. The van der Waals surface area contributed by atoms with Crippen LogP contribution in [-0.4, -0.2) is 50.0 Å². The first kappa shape index (κ1) is 16.2. The van der Waals surface area contributed by atoms with Crippen LogP contribution < -0.4 is 0 Å². The van der Waals surface area contributed by atoms with Crippen molar-refractivity contribution in [1.82, 2.24) is 4.31 Å². The molecule has 20 heavy (non-hydrogen) atoms. The van der Waals surface area contributed by atoms with E-state index in [4.69, 9.17) is 9.52 Å². The molecule has 0 saturated carbocycles. The Labute approximate surface area is 116 Å². The van der Waals surface area contributed by atoms with E-state index >= 15 is 0 Å². The molecule has 1 rings (SSSR count). The van der Waals surface area contributed by atoms with Crippen LogP contribution >= 0.6 is 0 Å². The summed E-state index contributed by atoms with van der Waals surface area (Å²) in [6.07, 6.45) is -0.332. The Hall–Kier alpha value is -1.87. The molecule has 1 aromatic heterocycles. The zero-order valence-electron chi connectivity index (χ0n) is 11.0. The Morgan fingerprint density at radius 2 is 2.05 bits per heavy atom. The van der Waals surface area contributed by atoms with Gasteiger partial charge in [-0.2, -0.15) is 4.31 Å². The minimum atomic E-state index is -3.97. The van der Waals surface area contributed by atoms with Crippen LogP contribution in [0, 0.1) is 0 Å². The summed E-state index contributed by atoms with van der Waals surface area (Å²) in [5, 5.41) is 8.09. The lowest BCUT2D eigenvalue weighted by Gasteiger charge is -2.13. The third kappa shape index (κ3) is 3.81. The molecule has 0 aliphatic rings. The highest BCUT2D eigenvalue weighted by Gasteiger charge is 2.26. The number of hydrogen-bond acceptors (Lipinski definition) is 6. The van der Waals surface area contributed by atoms with Gasteiger partial charge in [0.05, 0.1) is 13.0 Å². The number of sulfonamides is 1. The predicted molar refractivity (Wildman–Crippen MR) is 66.7 cm³/mol. The highest BCUT2D eigenvalue weighted by atomic mass is 32.2. The quantitative estimate of drug-likeness (QED) is 0.731. The summed E-state index contributed by atoms with van der Waals surface area (Å²) in [5.41, 5.74) is 0. The number of carbonyl (C=O) groups is 2. The molecule has 1 N–H and O–H groups in total. The predicted octanol–water partition coefficient (Wildman–Crippen LogP) is 0.552. The van der Waals surface area contributed by atoms with E-state index in [1.54, 1.807) is 6.92 Å². The number of carbonyl (C=O) groups excluding carboxylic acids is 1. The highest BCUT2D eigenvalue weighted by molar-refractivity contribution is 7.89. The van der Waals surface area contributed by atoms with Crippen LogP contribution in [0.4, 0.5) is 0 Å². The molecule has 0 amide bonds. The standard InChI is InChI=1S/C11H15NO7S/c1-3-18-11(15)8-4-5-10(19-8)20(16,17)12(2)7-6-9(13)14/h4-5H,3,6-7H2,1-2H3,(H,13,14). The number of furan rings is 1. The van der Waals surface area contributed by atoms with Crippen LogP contribution in [0.3, 0.4) is 0 Å². The second-order valence-corrected chi connectivity index (χ2v) is 5.79. The van der Waals surface area contributed by atoms with Crippen molar-refractivity contribution in [2.24, 2.45) is 0 Å². The minimum Gasteiger partial charge on any atom is -0.481 e. The van der Waals surface area contributed by atoms with Gasteiger partial charge in [0.15, 0.2) is 0 Å². The van der Waals surface area contributed by atoms with Gasteiger partial charge >= 0.3 is 11.9 Å². The maximum absolute atomic E-state index is 12.0. The minimum absolute atomic E-state index is 0.139. The van der Waals surface area contributed by atoms with E-state index in [0.717, 1.165) is 10.4 Å². The molecule has 0 spiro atoms. The maximum Gasteiger partial charge on any atom is 0.374 e. The van der Waals surface area contributed by atoms with Crippen molar-refractivity contribution >= 4 is 22.0 Å². The number of aliphatic carboxylic acids is 1. The smallest absolute Gasteiger partial charge is 0.374 e. The first-order valence-corrected chi connectivity index (χ1v) is 7.18. The lowest BCUT2D eigenvalue weighted by atomic mass is 10.4. The van der Waals surface area contributed by atoms with Crippen LogP contribution in [0.2, 0.25) is 0 Å². The van der Waals surface area contributed by atoms with Crippen LogP contribution in [0.15, 0.2) is 21.6 Å². The first-order valence-electron chi connectivity index (χ1n) is 5.74. The second kappa shape index (κ2) is 6.53. The molecule has 0 fully saturated rings. The van der Waals surface area contributed by atoms with Crippen LogP contribution in [-0.2, 0) is 19.6 Å². The van der Waals surface area contributed by atoms with E-state index in [0.29, 0.717) is 0 Å². The number of hydrogen-bond donors (Lipinski definition) is 1. The van der Waals surface area contributed by atoms with E-state index in [9.17, 15) is 18.0 Å². The molecule has 0 unspecified atom stereocenters. The molecule has 0 aliphatic heterocycles. The molecule has 0 aromatic carbocycles. The molecule has 0 bridgehead atoms. The summed E-state index contributed by atoms with van der Waals surface area (Å²) in [4.78, 5) is 21.8. The number of carboxylic acid groups (broad SMARTS) is 1. The number of rotatable bonds is 7. The topological polar surface area (TPSA) is 114 Å². The van der Waals surface area contributed by atoms with Gasteiger partial charge in [-0.1, -0.05) is 0 Å². The summed E-state index contributed by atoms with van der Waals surface area (Å²) in [7, 11) is -2.74. The van der Waals surface area contributed by atoms with Crippen molar-refractivity contribution in [2.75, 3.05) is 20.2 Å². The molecule has 1 aromatic rings. The van der Waals surface area contributed by atoms with Crippen molar-refractivity contribution in [2.45, 2.75) is 18.4 Å². The number of esters is 1. The molecule has 8 nitrogen and oxygen atoms in total. The Morgan fingerprint density at radius 1 is 1.40 bits per heavy atom. The van der Waals surface area contributed by atoms with Crippen molar-refractivity contribution in [3.63, 3.8) is 0 Å². The Balaban J connectivity index is 2.88. The zero-order chi connectivity index (χ0) is 15.3. The van der Waals surface area contributed by atoms with Gasteiger partial charge in [0.25, 0.3) is 10.0 Å². The first-order chi connectivity index (χ1) is 9.28. The molecule has 9 heteroatoms. The maximum atomic E-state index is 12.0. The fourth-order valence-electron chi connectivity index (χ4n) is 1.30. The summed E-state index contributed by atoms with van der Waals surface area (Å²) >= 11 is 0. The third-order valence-corrected chi connectivity index (χ3v) is 4.09. The van der Waals surface area contributed by atoms with Crippen molar-refractivity contribution in [3.05, 3.63) is 17.9 Å². The molecule has 1 heterocycles. The lowest BCUT2D eigenvalue weighted by Crippen LogP contribution is -2.28. The fourth-order valence-corrected chi connectivity index (χ4v) is 2.37. The molecule has 0 aliphatic carbocycles. The van der Waals surface area contributed by atoms with Gasteiger partial charge in [-0.25, -0.2) is 13.2 Å². The average Bonchev–Trinajstić information content (AvgIpc) is 2.86. The summed E-state index contributed by atoms with van der Waals surface area (Å²) < 4.78 is 34.5. The second-order valence-electron chi connectivity index (χ2n) is 3.81. The number of nitrogens with zero attached hydrogens (tertiary/aromatic N) is 1. The average molecular weight is 305 g/mol. The van der Waals surface area contributed by atoms with Gasteiger partial charge in [-0.05, 0) is 19.1 Å². The lowest BCUT2D eigenvalue weighted by molar-refractivity contribution is -0.137. The van der Waals surface area contributed by atoms with Crippen molar-refractivity contribution in [1.29, 1.82) is 0 Å². The van der Waals surface area contributed by atoms with Gasteiger partial charge in [0, 0.05) is 13.6 Å². The van der Waals surface area contributed by atoms with Gasteiger partial charge in [-0.15, -0.1) is 0 Å². The van der Waals surface area contributed by atoms with E-state index < -0.39 is 27.1 Å². The van der Waals surface area contributed by atoms with E-state index in [2.05, 4.69) is 4.74 Å². The molecule has 0 radical (unpaired) electrons. The molecule has 0 atom stereocenters. The van der Waals surface area contributed by atoms with Gasteiger partial charge < -0.3 is 14.3 Å². The Kier molecular flexibility index (Phi) is 5.28. The van der Waals surface area contributed by atoms with E-state index in [1.807, 2.05) is 0 Å². The van der Waals surface area contributed by atoms with E-state index in [-0.39, 0.29) is 25.3 Å². The normalized spacial score (nSPS) is 11.6. The van der Waals surface area contributed by atoms with Gasteiger partial charge in [0.1, 0.15) is 0 Å². The van der Waals surface area contributed by atoms with Crippen molar-refractivity contribution in [3.8, 4) is 0 Å². The molecular formula is C11H15NO7S. The van der Waals surface area contributed by atoms with Gasteiger partial charge in [-0.3, -0.25) is 4.79 Å². The summed E-state index contributed by atoms with van der Waals surface area (Å²) in [6.45, 7) is 1.55. The Morgan fingerprint density at radius 3 is 2.60 bits per heavy atom. The Bertz CT molecular complexity index is 590. The van der Waals surface area contributed by atoms with Crippen molar-refractivity contribution < 1.29 is 32.3 Å². The molecule has 0 saturated heterocycles. The SMILES string of the molecule is CCOC(=O)c1ccc(S(=O)(=O)N(C)CCC(=O)O)o1. The van der Waals surface area contributed by atoms with Crippen LogP contribution in [0.25, 0.3) is 0 Å². The number of ether oxygens (including phenoxy) is 1. The third-order valence-electron chi connectivity index (χ3n) is 2.36.